The SMILES string of the molecule is COC(=O)N[C@H](Cc1ccccc1)C(=O)N1CCC[C@@H]1c1nc2ccc(-c3ccc(-c4ccc5nc([C@H]6CCCN6C(=O)[C@@H](Cc6ccccc6)NC(=O)OC)[nH]c5c4)cc3)cc2[nH]1. The molecule has 0 radical (unpaired) electrons. The number of amides is 4. The highest BCUT2D eigenvalue weighted by Crippen LogP contribution is 2.36. The lowest BCUT2D eigenvalue weighted by Gasteiger charge is -2.28. The van der Waals surface area contributed by atoms with Crippen molar-refractivity contribution in [1.29, 1.82) is 0 Å². The summed E-state index contributed by atoms with van der Waals surface area (Å²) in [5, 5.41) is 5.51. The molecule has 4 atom stereocenters. The molecule has 9 rings (SSSR count). The lowest BCUT2D eigenvalue weighted by molar-refractivity contribution is -0.135. The van der Waals surface area contributed by atoms with E-state index in [2.05, 4.69) is 69.1 Å². The smallest absolute Gasteiger partial charge is 0.407 e. The Balaban J connectivity index is 0.894. The molecule has 2 aliphatic rings. The summed E-state index contributed by atoms with van der Waals surface area (Å²) in [7, 11) is 2.59. The van der Waals surface area contributed by atoms with Crippen LogP contribution in [-0.2, 0) is 31.9 Å². The van der Waals surface area contributed by atoms with E-state index in [1.54, 1.807) is 0 Å². The minimum Gasteiger partial charge on any atom is -0.453 e. The van der Waals surface area contributed by atoms with Crippen molar-refractivity contribution in [3.8, 4) is 22.3 Å². The normalized spacial score (nSPS) is 17.0. The van der Waals surface area contributed by atoms with Gasteiger partial charge in [-0.15, -0.1) is 0 Å². The number of carbonyl (C=O) groups excluding carboxylic acids is 4. The van der Waals surface area contributed by atoms with Crippen molar-refractivity contribution in [3.05, 3.63) is 144 Å². The molecular formula is C50H50N8O6. The number of methoxy groups -OCH3 is 2. The molecule has 0 bridgehead atoms. The van der Waals surface area contributed by atoms with Gasteiger partial charge in [-0.05, 0) is 83.3 Å². The van der Waals surface area contributed by atoms with Crippen molar-refractivity contribution >= 4 is 46.1 Å². The fraction of sp³-hybridized carbons (Fsp3) is 0.280. The van der Waals surface area contributed by atoms with Gasteiger partial charge in [0.05, 0.1) is 48.4 Å². The van der Waals surface area contributed by atoms with Crippen LogP contribution in [0, 0.1) is 0 Å². The van der Waals surface area contributed by atoms with Crippen LogP contribution in [0.1, 0.15) is 60.5 Å². The second-order valence-corrected chi connectivity index (χ2v) is 16.4. The van der Waals surface area contributed by atoms with Crippen LogP contribution in [0.25, 0.3) is 44.3 Å². The molecule has 64 heavy (non-hydrogen) atoms. The molecule has 7 aromatic rings. The van der Waals surface area contributed by atoms with Crippen LogP contribution in [0.3, 0.4) is 0 Å². The predicted molar refractivity (Wildman–Crippen MR) is 243 cm³/mol. The molecule has 5 aromatic carbocycles. The summed E-state index contributed by atoms with van der Waals surface area (Å²) in [5.41, 5.74) is 9.38. The van der Waals surface area contributed by atoms with E-state index < -0.39 is 24.3 Å². The molecule has 4 N–H and O–H groups in total. The molecule has 4 amide bonds. The average Bonchev–Trinajstić information content (AvgIpc) is 4.17. The lowest BCUT2D eigenvalue weighted by atomic mass is 10.00. The number of aromatic nitrogens is 4. The third-order valence-electron chi connectivity index (χ3n) is 12.4. The number of fused-ring (bicyclic) bond motifs is 2. The van der Waals surface area contributed by atoms with Gasteiger partial charge in [0.25, 0.3) is 0 Å². The molecule has 14 heteroatoms. The zero-order valence-electron chi connectivity index (χ0n) is 35.8. The molecule has 4 heterocycles. The highest BCUT2D eigenvalue weighted by atomic mass is 16.5. The van der Waals surface area contributed by atoms with Gasteiger partial charge < -0.3 is 39.9 Å². The summed E-state index contributed by atoms with van der Waals surface area (Å²) >= 11 is 0. The summed E-state index contributed by atoms with van der Waals surface area (Å²) in [4.78, 5) is 73.1. The molecule has 14 nitrogen and oxygen atoms in total. The first-order valence-corrected chi connectivity index (χ1v) is 21.7. The second kappa shape index (κ2) is 18.5. The van der Waals surface area contributed by atoms with E-state index in [-0.39, 0.29) is 23.9 Å². The van der Waals surface area contributed by atoms with E-state index in [9.17, 15) is 19.2 Å². The quantitative estimate of drug-likeness (QED) is 0.0956. The van der Waals surface area contributed by atoms with Gasteiger partial charge in [0.1, 0.15) is 23.7 Å². The molecule has 0 unspecified atom stereocenters. The topological polar surface area (TPSA) is 175 Å². The van der Waals surface area contributed by atoms with E-state index in [4.69, 9.17) is 19.4 Å². The number of hydrogen-bond donors (Lipinski definition) is 4. The Morgan fingerprint density at radius 3 is 1.36 bits per heavy atom. The number of hydrogen-bond acceptors (Lipinski definition) is 8. The number of aromatic amines is 2. The maximum absolute atomic E-state index is 14.0. The Hall–Kier alpha value is -7.48. The highest BCUT2D eigenvalue weighted by Gasteiger charge is 2.38. The van der Waals surface area contributed by atoms with Gasteiger partial charge in [-0.1, -0.05) is 97.1 Å². The summed E-state index contributed by atoms with van der Waals surface area (Å²) in [6, 6.07) is 37.9. The number of carbonyl (C=O) groups is 4. The first kappa shape index (κ1) is 41.9. The lowest BCUT2D eigenvalue weighted by Crippen LogP contribution is -2.49. The molecule has 0 spiro atoms. The molecular weight excluding hydrogens is 809 g/mol. The second-order valence-electron chi connectivity index (χ2n) is 16.4. The Bertz CT molecular complexity index is 2600. The van der Waals surface area contributed by atoms with E-state index >= 15 is 0 Å². The van der Waals surface area contributed by atoms with Crippen molar-refractivity contribution in [2.45, 2.75) is 62.7 Å². The Kier molecular flexibility index (Phi) is 12.1. The van der Waals surface area contributed by atoms with Crippen LogP contribution in [0.4, 0.5) is 9.59 Å². The standard InChI is InChI=1S/C50H50N8O6/c1-63-49(61)55-41(27-31-11-5-3-6-12-31)47(59)57-25-9-15-43(57)45-51-37-23-21-35(29-39(37)53-45)33-17-19-34(20-18-33)36-22-24-38-40(30-36)54-46(52-38)44-16-10-26-58(44)48(60)42(56-50(62)64-2)28-32-13-7-4-8-14-32/h3-8,11-14,17-24,29-30,41-44H,9-10,15-16,25-28H2,1-2H3,(H,51,53)(H,52,54)(H,55,61)(H,56,62)/t41-,42-,43-,44-/m1/s1. The summed E-state index contributed by atoms with van der Waals surface area (Å²) in [6.45, 7) is 1.13. The monoisotopic (exact) mass is 858 g/mol. The third kappa shape index (κ3) is 8.89. The molecule has 0 saturated carbocycles. The molecule has 0 aliphatic carbocycles. The van der Waals surface area contributed by atoms with Crippen LogP contribution in [0.5, 0.6) is 0 Å². The van der Waals surface area contributed by atoms with Crippen molar-refractivity contribution in [1.82, 2.24) is 40.4 Å². The molecule has 2 aliphatic heterocycles. The number of alkyl carbamates (subject to hydrolysis) is 2. The minimum absolute atomic E-state index is 0.170. The predicted octanol–water partition coefficient (Wildman–Crippen LogP) is 8.03. The minimum atomic E-state index is -0.781. The summed E-state index contributed by atoms with van der Waals surface area (Å²) < 4.78 is 9.73. The van der Waals surface area contributed by atoms with Crippen LogP contribution in [0.2, 0.25) is 0 Å². The first-order valence-electron chi connectivity index (χ1n) is 21.7. The van der Waals surface area contributed by atoms with Crippen molar-refractivity contribution < 1.29 is 28.7 Å². The van der Waals surface area contributed by atoms with Gasteiger partial charge >= 0.3 is 12.2 Å². The van der Waals surface area contributed by atoms with Gasteiger partial charge in [0.15, 0.2) is 0 Å². The van der Waals surface area contributed by atoms with Gasteiger partial charge in [-0.3, -0.25) is 9.59 Å². The number of rotatable bonds is 12. The van der Waals surface area contributed by atoms with Gasteiger partial charge in [-0.2, -0.15) is 0 Å². The van der Waals surface area contributed by atoms with Gasteiger partial charge in [-0.25, -0.2) is 19.6 Å². The van der Waals surface area contributed by atoms with E-state index in [0.29, 0.717) is 25.9 Å². The number of benzene rings is 5. The van der Waals surface area contributed by atoms with Crippen LogP contribution < -0.4 is 10.6 Å². The zero-order chi connectivity index (χ0) is 44.2. The number of likely N-dealkylation sites (tertiary alicyclic amines) is 2. The van der Waals surface area contributed by atoms with Crippen LogP contribution in [-0.4, -0.2) is 93.1 Å². The number of H-pyrrole nitrogens is 2. The summed E-state index contributed by atoms with van der Waals surface area (Å²) in [5.74, 6) is 1.10. The Morgan fingerprint density at radius 1 is 0.578 bits per heavy atom. The maximum atomic E-state index is 14.0. The van der Waals surface area contributed by atoms with Crippen molar-refractivity contribution in [2.24, 2.45) is 0 Å². The zero-order valence-corrected chi connectivity index (χ0v) is 35.8. The first-order chi connectivity index (χ1) is 31.2. The molecule has 2 saturated heterocycles. The number of ether oxygens (including phenoxy) is 2. The third-order valence-corrected chi connectivity index (χ3v) is 12.4. The average molecular weight is 859 g/mol. The van der Waals surface area contributed by atoms with Gasteiger partial charge in [0.2, 0.25) is 11.8 Å². The van der Waals surface area contributed by atoms with Crippen molar-refractivity contribution in [3.63, 3.8) is 0 Å². The van der Waals surface area contributed by atoms with Gasteiger partial charge in [0, 0.05) is 25.9 Å². The van der Waals surface area contributed by atoms with E-state index in [0.717, 1.165) is 92.8 Å². The summed E-state index contributed by atoms with van der Waals surface area (Å²) in [6.07, 6.45) is 2.56. The largest absolute Gasteiger partial charge is 0.453 e. The Morgan fingerprint density at radius 2 is 0.969 bits per heavy atom. The van der Waals surface area contributed by atoms with Crippen LogP contribution in [0.15, 0.2) is 121 Å². The fourth-order valence-electron chi connectivity index (χ4n) is 9.12. The number of nitrogens with one attached hydrogen (secondary N) is 4. The molecule has 2 aromatic heterocycles. The number of imidazole rings is 2. The van der Waals surface area contributed by atoms with E-state index in [1.165, 1.54) is 14.2 Å². The van der Waals surface area contributed by atoms with Crippen LogP contribution >= 0.6 is 0 Å². The van der Waals surface area contributed by atoms with E-state index in [1.807, 2.05) is 82.6 Å². The highest BCUT2D eigenvalue weighted by molar-refractivity contribution is 5.89. The molecule has 2 fully saturated rings. The number of nitrogens with zero attached hydrogens (tertiary/aromatic N) is 4. The Labute approximate surface area is 370 Å². The maximum Gasteiger partial charge on any atom is 0.407 e. The molecule has 326 valence electrons. The fourth-order valence-corrected chi connectivity index (χ4v) is 9.12. The van der Waals surface area contributed by atoms with Crippen molar-refractivity contribution in [2.75, 3.05) is 27.3 Å².